The highest BCUT2D eigenvalue weighted by atomic mass is 16.5. The van der Waals surface area contributed by atoms with E-state index in [0.29, 0.717) is 6.04 Å². The Kier molecular flexibility index (Phi) is 4.65. The van der Waals surface area contributed by atoms with Gasteiger partial charge >= 0.3 is 0 Å². The van der Waals surface area contributed by atoms with E-state index < -0.39 is 0 Å². The minimum Gasteiger partial charge on any atom is -0.494 e. The highest BCUT2D eigenvalue weighted by Gasteiger charge is 2.41. The van der Waals surface area contributed by atoms with Crippen molar-refractivity contribution in [2.45, 2.75) is 18.9 Å². The normalized spacial score (nSPS) is 23.4. The van der Waals surface area contributed by atoms with E-state index in [-0.39, 0.29) is 0 Å². The average Bonchev–Trinajstić information content (AvgIpc) is 3.22. The van der Waals surface area contributed by atoms with Crippen molar-refractivity contribution in [1.82, 2.24) is 9.88 Å². The van der Waals surface area contributed by atoms with Crippen LogP contribution in [-0.2, 0) is 0 Å². The van der Waals surface area contributed by atoms with Crippen LogP contribution in [0.1, 0.15) is 12.8 Å². The molecular formula is C20H25N3O. The van der Waals surface area contributed by atoms with Gasteiger partial charge < -0.3 is 9.64 Å². The first-order valence-electron chi connectivity index (χ1n) is 8.98. The van der Waals surface area contributed by atoms with Gasteiger partial charge in [-0.05, 0) is 49.6 Å². The molecule has 1 aromatic carbocycles. The third-order valence-corrected chi connectivity index (χ3v) is 5.24. The third kappa shape index (κ3) is 3.39. The van der Waals surface area contributed by atoms with Gasteiger partial charge in [0.05, 0.1) is 6.61 Å². The molecule has 2 aromatic rings. The Morgan fingerprint density at radius 2 is 1.92 bits per heavy atom. The van der Waals surface area contributed by atoms with Gasteiger partial charge in [-0.15, -0.1) is 0 Å². The van der Waals surface area contributed by atoms with Crippen molar-refractivity contribution in [3.05, 3.63) is 54.7 Å². The standard InChI is InChI=1S/C20H25N3O/c1-2-7-18(8-3-1)24-14-6-12-22-13-10-17-15-23(16-19(17)22)20-9-4-5-11-21-20/h1-5,7-9,11,17,19H,6,10,12-16H2. The number of ether oxygens (including phenoxy) is 1. The molecule has 2 saturated heterocycles. The van der Waals surface area contributed by atoms with Crippen LogP contribution in [0.2, 0.25) is 0 Å². The van der Waals surface area contributed by atoms with Gasteiger partial charge in [-0.1, -0.05) is 24.3 Å². The van der Waals surface area contributed by atoms with Crippen molar-refractivity contribution in [2.75, 3.05) is 37.7 Å². The summed E-state index contributed by atoms with van der Waals surface area (Å²) in [7, 11) is 0. The zero-order valence-corrected chi connectivity index (χ0v) is 14.1. The number of fused-ring (bicyclic) bond motifs is 1. The van der Waals surface area contributed by atoms with Gasteiger partial charge in [-0.25, -0.2) is 4.98 Å². The molecule has 2 unspecified atom stereocenters. The molecule has 126 valence electrons. The summed E-state index contributed by atoms with van der Waals surface area (Å²) >= 11 is 0. The Bertz CT molecular complexity index is 634. The second kappa shape index (κ2) is 7.22. The van der Waals surface area contributed by atoms with Crippen LogP contribution in [-0.4, -0.2) is 48.7 Å². The Hall–Kier alpha value is -2.07. The minimum atomic E-state index is 0.684. The van der Waals surface area contributed by atoms with E-state index in [1.165, 1.54) is 13.0 Å². The van der Waals surface area contributed by atoms with Gasteiger partial charge in [0.25, 0.3) is 0 Å². The van der Waals surface area contributed by atoms with Crippen molar-refractivity contribution in [3.8, 4) is 5.75 Å². The van der Waals surface area contributed by atoms with Crippen molar-refractivity contribution in [3.63, 3.8) is 0 Å². The van der Waals surface area contributed by atoms with Crippen LogP contribution in [0.3, 0.4) is 0 Å². The average molecular weight is 323 g/mol. The lowest BCUT2D eigenvalue weighted by molar-refractivity contribution is 0.221. The molecule has 4 rings (SSSR count). The Morgan fingerprint density at radius 3 is 2.75 bits per heavy atom. The number of benzene rings is 1. The fraction of sp³-hybridized carbons (Fsp3) is 0.450. The van der Waals surface area contributed by atoms with Gasteiger partial charge in [0.15, 0.2) is 0 Å². The molecule has 0 spiro atoms. The van der Waals surface area contributed by atoms with E-state index in [9.17, 15) is 0 Å². The summed E-state index contributed by atoms with van der Waals surface area (Å²) in [6.07, 6.45) is 4.29. The second-order valence-corrected chi connectivity index (χ2v) is 6.76. The lowest BCUT2D eigenvalue weighted by Gasteiger charge is -2.25. The molecule has 0 saturated carbocycles. The number of likely N-dealkylation sites (tertiary alicyclic amines) is 1. The monoisotopic (exact) mass is 323 g/mol. The van der Waals surface area contributed by atoms with Crippen molar-refractivity contribution < 1.29 is 4.74 Å². The molecule has 4 nitrogen and oxygen atoms in total. The van der Waals surface area contributed by atoms with E-state index in [1.54, 1.807) is 0 Å². The summed E-state index contributed by atoms with van der Waals surface area (Å²) < 4.78 is 5.82. The maximum atomic E-state index is 5.82. The van der Waals surface area contributed by atoms with Crippen LogP contribution in [0.5, 0.6) is 5.75 Å². The summed E-state index contributed by atoms with van der Waals surface area (Å²) in [6.45, 7) is 5.42. The minimum absolute atomic E-state index is 0.684. The topological polar surface area (TPSA) is 28.6 Å². The van der Waals surface area contributed by atoms with E-state index in [1.807, 2.05) is 42.6 Å². The predicted octanol–water partition coefficient (Wildman–Crippen LogP) is 3.06. The molecule has 0 bridgehead atoms. The molecule has 3 heterocycles. The predicted molar refractivity (Wildman–Crippen MR) is 96.5 cm³/mol. The van der Waals surface area contributed by atoms with Crippen LogP contribution in [0.25, 0.3) is 0 Å². The van der Waals surface area contributed by atoms with Gasteiger partial charge in [0, 0.05) is 31.9 Å². The molecule has 1 aromatic heterocycles. The largest absolute Gasteiger partial charge is 0.494 e. The third-order valence-electron chi connectivity index (χ3n) is 5.24. The number of nitrogens with zero attached hydrogens (tertiary/aromatic N) is 3. The molecule has 2 aliphatic rings. The Labute approximate surface area is 144 Å². The van der Waals surface area contributed by atoms with Crippen LogP contribution in [0.15, 0.2) is 54.7 Å². The van der Waals surface area contributed by atoms with Crippen molar-refractivity contribution >= 4 is 5.82 Å². The molecule has 4 heteroatoms. The number of hydrogen-bond acceptors (Lipinski definition) is 4. The molecule has 0 aliphatic carbocycles. The maximum Gasteiger partial charge on any atom is 0.128 e. The smallest absolute Gasteiger partial charge is 0.128 e. The van der Waals surface area contributed by atoms with Gasteiger partial charge in [-0.2, -0.15) is 0 Å². The van der Waals surface area contributed by atoms with Crippen LogP contribution < -0.4 is 9.64 Å². The molecule has 0 radical (unpaired) electrons. The highest BCUT2D eigenvalue weighted by Crippen LogP contribution is 2.33. The number of para-hydroxylation sites is 1. The van der Waals surface area contributed by atoms with Crippen LogP contribution in [0, 0.1) is 5.92 Å². The van der Waals surface area contributed by atoms with Gasteiger partial charge in [0.2, 0.25) is 0 Å². The SMILES string of the molecule is c1ccc(OCCCN2CCC3CN(c4ccccn4)CC32)cc1. The summed E-state index contributed by atoms with van der Waals surface area (Å²) in [6, 6.07) is 17.0. The van der Waals surface area contributed by atoms with E-state index >= 15 is 0 Å². The van der Waals surface area contributed by atoms with E-state index in [2.05, 4.69) is 26.9 Å². The quantitative estimate of drug-likeness (QED) is 0.764. The fourth-order valence-corrected chi connectivity index (χ4v) is 4.03. The lowest BCUT2D eigenvalue weighted by atomic mass is 10.1. The Balaban J connectivity index is 1.26. The van der Waals surface area contributed by atoms with Gasteiger partial charge in [-0.3, -0.25) is 4.90 Å². The number of rotatable bonds is 6. The maximum absolute atomic E-state index is 5.82. The van der Waals surface area contributed by atoms with Crippen LogP contribution >= 0.6 is 0 Å². The Morgan fingerprint density at radius 1 is 1.04 bits per heavy atom. The summed E-state index contributed by atoms with van der Waals surface area (Å²) in [5, 5.41) is 0. The summed E-state index contributed by atoms with van der Waals surface area (Å²) in [5.74, 6) is 2.89. The first-order valence-corrected chi connectivity index (χ1v) is 8.98. The lowest BCUT2D eigenvalue weighted by Crippen LogP contribution is -2.36. The number of aromatic nitrogens is 1. The zero-order valence-electron chi connectivity index (χ0n) is 14.1. The first-order chi connectivity index (χ1) is 11.9. The molecule has 24 heavy (non-hydrogen) atoms. The molecule has 2 aliphatic heterocycles. The molecule has 2 atom stereocenters. The summed E-state index contributed by atoms with van der Waals surface area (Å²) in [5.41, 5.74) is 0. The first kappa shape index (κ1) is 15.5. The molecule has 2 fully saturated rings. The zero-order chi connectivity index (χ0) is 16.2. The number of pyridine rings is 1. The second-order valence-electron chi connectivity index (χ2n) is 6.76. The molecule has 0 N–H and O–H groups in total. The number of anilines is 1. The molecule has 0 amide bonds. The van der Waals surface area contributed by atoms with Crippen molar-refractivity contribution in [1.29, 1.82) is 0 Å². The van der Waals surface area contributed by atoms with Crippen LogP contribution in [0.4, 0.5) is 5.82 Å². The van der Waals surface area contributed by atoms with E-state index in [4.69, 9.17) is 4.74 Å². The number of hydrogen-bond donors (Lipinski definition) is 0. The molecular weight excluding hydrogens is 298 g/mol. The highest BCUT2D eigenvalue weighted by molar-refractivity contribution is 5.40. The fourth-order valence-electron chi connectivity index (χ4n) is 4.03. The van der Waals surface area contributed by atoms with E-state index in [0.717, 1.165) is 50.1 Å². The summed E-state index contributed by atoms with van der Waals surface area (Å²) in [4.78, 5) is 9.61. The van der Waals surface area contributed by atoms with Gasteiger partial charge in [0.1, 0.15) is 11.6 Å². The van der Waals surface area contributed by atoms with Crippen molar-refractivity contribution in [2.24, 2.45) is 5.92 Å².